The molecule has 1 aromatic rings. The summed E-state index contributed by atoms with van der Waals surface area (Å²) in [7, 11) is 0. The van der Waals surface area contributed by atoms with Crippen molar-refractivity contribution < 1.29 is 9.90 Å². The summed E-state index contributed by atoms with van der Waals surface area (Å²) < 4.78 is 0. The normalized spacial score (nSPS) is 8.75. The Labute approximate surface area is 98.1 Å². The monoisotopic (exact) mass is 231 g/mol. The number of nitriles is 1. The summed E-state index contributed by atoms with van der Waals surface area (Å²) >= 11 is 1.14. The van der Waals surface area contributed by atoms with Gasteiger partial charge in [-0.15, -0.1) is 0 Å². The lowest BCUT2D eigenvalue weighted by Gasteiger charge is -1.95. The van der Waals surface area contributed by atoms with E-state index in [1.807, 2.05) is 6.07 Å². The number of hydrogen-bond donors (Lipinski definition) is 1. The maximum atomic E-state index is 10.6. The van der Waals surface area contributed by atoms with Crippen LogP contribution in [0.15, 0.2) is 18.2 Å². The van der Waals surface area contributed by atoms with Crippen LogP contribution in [0.1, 0.15) is 18.1 Å². The molecule has 0 saturated heterocycles. The minimum atomic E-state index is -0.0754. The Kier molecular flexibility index (Phi) is 4.44. The van der Waals surface area contributed by atoms with E-state index in [2.05, 4.69) is 11.8 Å². The molecule has 0 aromatic heterocycles. The number of thioether (sulfide) groups is 1. The Balaban J connectivity index is 2.72. The number of rotatable bonds is 1. The molecule has 0 aliphatic rings. The first-order valence-corrected chi connectivity index (χ1v) is 5.47. The molecule has 80 valence electrons. The van der Waals surface area contributed by atoms with E-state index in [9.17, 15) is 9.90 Å². The molecule has 16 heavy (non-hydrogen) atoms. The van der Waals surface area contributed by atoms with Gasteiger partial charge in [-0.05, 0) is 18.2 Å². The number of benzene rings is 1. The highest BCUT2D eigenvalue weighted by Gasteiger charge is 1.99. The van der Waals surface area contributed by atoms with Crippen LogP contribution in [-0.2, 0) is 4.79 Å². The molecule has 3 nitrogen and oxygen atoms in total. The lowest BCUT2D eigenvalue weighted by molar-refractivity contribution is -0.109. The van der Waals surface area contributed by atoms with E-state index in [4.69, 9.17) is 5.26 Å². The number of aromatic hydroxyl groups is 1. The van der Waals surface area contributed by atoms with Crippen LogP contribution in [0, 0.1) is 23.2 Å². The number of carbonyl (C=O) groups excluding carboxylic acids is 1. The molecule has 0 radical (unpaired) electrons. The summed E-state index contributed by atoms with van der Waals surface area (Å²) in [6, 6.07) is 6.46. The van der Waals surface area contributed by atoms with Gasteiger partial charge in [0.25, 0.3) is 0 Å². The predicted octanol–water partition coefficient (Wildman–Crippen LogP) is 1.90. The molecule has 1 aromatic carbocycles. The average molecular weight is 231 g/mol. The van der Waals surface area contributed by atoms with E-state index in [1.165, 1.54) is 19.1 Å². The lowest BCUT2D eigenvalue weighted by Crippen LogP contribution is -1.83. The average Bonchev–Trinajstić information content (AvgIpc) is 2.24. The standard InChI is InChI=1S/C12H9NO2S/c1-9(14)16-6-2-3-10-4-5-11(8-13)12(15)7-10/h4-5,7,15H,6H2,1H3. The second-order valence-electron chi connectivity index (χ2n) is 2.93. The van der Waals surface area contributed by atoms with Crippen LogP contribution in [0.5, 0.6) is 5.75 Å². The number of phenols is 1. The molecule has 0 spiro atoms. The maximum absolute atomic E-state index is 10.6. The molecular weight excluding hydrogens is 222 g/mol. The molecule has 0 heterocycles. The first kappa shape index (κ1) is 12.2. The first-order chi connectivity index (χ1) is 7.63. The lowest BCUT2D eigenvalue weighted by atomic mass is 10.1. The Hall–Kier alpha value is -1.91. The molecule has 0 bridgehead atoms. The molecule has 0 atom stereocenters. The van der Waals surface area contributed by atoms with Crippen LogP contribution in [0.4, 0.5) is 0 Å². The van der Waals surface area contributed by atoms with E-state index in [0.29, 0.717) is 11.3 Å². The second kappa shape index (κ2) is 5.85. The fourth-order valence-electron chi connectivity index (χ4n) is 0.980. The molecule has 0 amide bonds. The van der Waals surface area contributed by atoms with Gasteiger partial charge < -0.3 is 5.11 Å². The van der Waals surface area contributed by atoms with Crippen LogP contribution in [0.2, 0.25) is 0 Å². The van der Waals surface area contributed by atoms with Gasteiger partial charge in [-0.3, -0.25) is 4.79 Å². The molecule has 0 saturated carbocycles. The van der Waals surface area contributed by atoms with Crippen molar-refractivity contribution in [1.29, 1.82) is 5.26 Å². The van der Waals surface area contributed by atoms with Gasteiger partial charge in [0, 0.05) is 12.5 Å². The van der Waals surface area contributed by atoms with E-state index in [1.54, 1.807) is 6.07 Å². The third-order valence-corrected chi connectivity index (χ3v) is 2.39. The highest BCUT2D eigenvalue weighted by atomic mass is 32.2. The quantitative estimate of drug-likeness (QED) is 0.750. The molecule has 1 rings (SSSR count). The van der Waals surface area contributed by atoms with Crippen molar-refractivity contribution in [3.63, 3.8) is 0 Å². The summed E-state index contributed by atoms with van der Waals surface area (Å²) in [5.41, 5.74) is 0.851. The maximum Gasteiger partial charge on any atom is 0.186 e. The van der Waals surface area contributed by atoms with Crippen LogP contribution in [-0.4, -0.2) is 16.0 Å². The van der Waals surface area contributed by atoms with Crippen LogP contribution >= 0.6 is 11.8 Å². The summed E-state index contributed by atoms with van der Waals surface area (Å²) in [5, 5.41) is 18.0. The Morgan fingerprint density at radius 1 is 1.56 bits per heavy atom. The van der Waals surface area contributed by atoms with Gasteiger partial charge in [-0.2, -0.15) is 5.26 Å². The van der Waals surface area contributed by atoms with Crippen molar-refractivity contribution in [2.75, 3.05) is 5.75 Å². The second-order valence-corrected chi connectivity index (χ2v) is 4.08. The smallest absolute Gasteiger partial charge is 0.186 e. The van der Waals surface area contributed by atoms with E-state index in [-0.39, 0.29) is 16.4 Å². The Morgan fingerprint density at radius 2 is 2.31 bits per heavy atom. The van der Waals surface area contributed by atoms with E-state index in [0.717, 1.165) is 11.8 Å². The van der Waals surface area contributed by atoms with Crippen molar-refractivity contribution >= 4 is 16.9 Å². The largest absolute Gasteiger partial charge is 0.507 e. The summed E-state index contributed by atoms with van der Waals surface area (Å²) in [6.07, 6.45) is 0. The Morgan fingerprint density at radius 3 is 2.88 bits per heavy atom. The highest BCUT2D eigenvalue weighted by Crippen LogP contribution is 2.16. The number of carbonyl (C=O) groups is 1. The zero-order valence-corrected chi connectivity index (χ0v) is 9.47. The van der Waals surface area contributed by atoms with Crippen LogP contribution < -0.4 is 0 Å². The van der Waals surface area contributed by atoms with Gasteiger partial charge in [0.2, 0.25) is 0 Å². The SMILES string of the molecule is CC(=O)SCC#Cc1ccc(C#N)c(O)c1. The summed E-state index contributed by atoms with van der Waals surface area (Å²) in [4.78, 5) is 10.6. The molecule has 0 fully saturated rings. The van der Waals surface area contributed by atoms with E-state index >= 15 is 0 Å². The molecule has 4 heteroatoms. The van der Waals surface area contributed by atoms with Gasteiger partial charge in [0.1, 0.15) is 11.8 Å². The molecule has 0 aliphatic heterocycles. The summed E-state index contributed by atoms with van der Waals surface area (Å²) in [6.45, 7) is 1.49. The fraction of sp³-hybridized carbons (Fsp3) is 0.167. The van der Waals surface area contributed by atoms with Gasteiger partial charge >= 0.3 is 0 Å². The van der Waals surface area contributed by atoms with Crippen LogP contribution in [0.3, 0.4) is 0 Å². The summed E-state index contributed by atoms with van der Waals surface area (Å²) in [5.74, 6) is 5.95. The minimum absolute atomic E-state index is 0.0250. The van der Waals surface area contributed by atoms with Crippen molar-refractivity contribution in [1.82, 2.24) is 0 Å². The molecule has 0 unspecified atom stereocenters. The van der Waals surface area contributed by atoms with Gasteiger partial charge in [-0.25, -0.2) is 0 Å². The molecule has 1 N–H and O–H groups in total. The third kappa shape index (κ3) is 3.68. The first-order valence-electron chi connectivity index (χ1n) is 4.49. The van der Waals surface area contributed by atoms with E-state index < -0.39 is 0 Å². The zero-order valence-electron chi connectivity index (χ0n) is 8.65. The molecular formula is C12H9NO2S. The topological polar surface area (TPSA) is 61.1 Å². The van der Waals surface area contributed by atoms with Crippen LogP contribution in [0.25, 0.3) is 0 Å². The highest BCUT2D eigenvalue weighted by molar-refractivity contribution is 8.13. The predicted molar refractivity (Wildman–Crippen MR) is 62.8 cm³/mol. The molecule has 0 aliphatic carbocycles. The van der Waals surface area contributed by atoms with Gasteiger partial charge in [-0.1, -0.05) is 23.6 Å². The van der Waals surface area contributed by atoms with Gasteiger partial charge in [0.15, 0.2) is 5.12 Å². The van der Waals surface area contributed by atoms with Gasteiger partial charge in [0.05, 0.1) is 11.3 Å². The van der Waals surface area contributed by atoms with Crippen molar-refractivity contribution in [3.8, 4) is 23.7 Å². The Bertz CT molecular complexity index is 506. The number of nitrogens with zero attached hydrogens (tertiary/aromatic N) is 1. The number of phenolic OH excluding ortho intramolecular Hbond substituents is 1. The van der Waals surface area contributed by atoms with Crippen molar-refractivity contribution in [2.24, 2.45) is 0 Å². The minimum Gasteiger partial charge on any atom is -0.507 e. The fourth-order valence-corrected chi connectivity index (χ4v) is 1.33. The van der Waals surface area contributed by atoms with Crippen molar-refractivity contribution in [3.05, 3.63) is 29.3 Å². The zero-order chi connectivity index (χ0) is 12.0. The number of hydrogen-bond acceptors (Lipinski definition) is 4. The third-order valence-electron chi connectivity index (χ3n) is 1.70. The van der Waals surface area contributed by atoms with Crippen molar-refractivity contribution in [2.45, 2.75) is 6.92 Å².